The van der Waals surface area contributed by atoms with Crippen molar-refractivity contribution in [2.24, 2.45) is 5.92 Å². The normalized spacial score (nSPS) is 20.4. The summed E-state index contributed by atoms with van der Waals surface area (Å²) in [6, 6.07) is 0. The fourth-order valence-electron chi connectivity index (χ4n) is 1.23. The molecule has 0 aromatic rings. The first-order chi connectivity index (χ1) is 5.63. The van der Waals surface area contributed by atoms with Crippen molar-refractivity contribution in [2.75, 3.05) is 13.1 Å². The molecule has 1 heterocycles. The zero-order valence-electron chi connectivity index (χ0n) is 7.79. The Bertz CT molecular complexity index is 164. The van der Waals surface area contributed by atoms with Gasteiger partial charge in [0.2, 0.25) is 5.91 Å². The Hall–Kier alpha value is -0.570. The summed E-state index contributed by atoms with van der Waals surface area (Å²) in [5.74, 6) is 0.657. The number of amides is 1. The summed E-state index contributed by atoms with van der Waals surface area (Å²) >= 11 is 0. The van der Waals surface area contributed by atoms with Crippen LogP contribution in [0.25, 0.3) is 0 Å². The minimum atomic E-state index is -0.272. The molecule has 12 heavy (non-hydrogen) atoms. The lowest BCUT2D eigenvalue weighted by Gasteiger charge is -2.36. The summed E-state index contributed by atoms with van der Waals surface area (Å²) in [4.78, 5) is 13.1. The fourth-order valence-corrected chi connectivity index (χ4v) is 1.23. The van der Waals surface area contributed by atoms with Crippen LogP contribution in [0.1, 0.15) is 26.7 Å². The highest BCUT2D eigenvalue weighted by molar-refractivity contribution is 5.77. The number of nitrogens with zero attached hydrogens (tertiary/aromatic N) is 1. The van der Waals surface area contributed by atoms with E-state index >= 15 is 0 Å². The number of carbonyl (C=O) groups is 1. The van der Waals surface area contributed by atoms with Crippen LogP contribution in [0.3, 0.4) is 0 Å². The van der Waals surface area contributed by atoms with Crippen LogP contribution in [-0.2, 0) is 4.79 Å². The minimum absolute atomic E-state index is 0.189. The van der Waals surface area contributed by atoms with Crippen LogP contribution in [0.15, 0.2) is 0 Å². The third kappa shape index (κ3) is 2.21. The largest absolute Gasteiger partial charge is 0.389 e. The maximum atomic E-state index is 11.4. The number of aliphatic hydroxyl groups excluding tert-OH is 1. The van der Waals surface area contributed by atoms with Crippen molar-refractivity contribution in [1.82, 2.24) is 4.90 Å². The van der Waals surface area contributed by atoms with Gasteiger partial charge in [0.25, 0.3) is 0 Å². The van der Waals surface area contributed by atoms with Crippen LogP contribution in [0.2, 0.25) is 0 Å². The second kappa shape index (κ2) is 3.90. The maximum Gasteiger partial charge on any atom is 0.223 e. The fraction of sp³-hybridized carbons (Fsp3) is 0.889. The van der Waals surface area contributed by atoms with Crippen molar-refractivity contribution >= 4 is 5.91 Å². The van der Waals surface area contributed by atoms with Gasteiger partial charge >= 0.3 is 0 Å². The molecule has 1 aliphatic rings. The lowest BCUT2D eigenvalue weighted by atomic mass is 10.0. The van der Waals surface area contributed by atoms with Crippen LogP contribution in [0.5, 0.6) is 0 Å². The van der Waals surface area contributed by atoms with E-state index in [9.17, 15) is 4.79 Å². The van der Waals surface area contributed by atoms with Crippen molar-refractivity contribution < 1.29 is 9.90 Å². The van der Waals surface area contributed by atoms with Gasteiger partial charge in [-0.1, -0.05) is 20.3 Å². The molecule has 0 aromatic carbocycles. The molecule has 1 atom stereocenters. The number of rotatable bonds is 3. The first-order valence-electron chi connectivity index (χ1n) is 4.59. The lowest BCUT2D eigenvalue weighted by molar-refractivity contribution is -0.142. The number of carbonyl (C=O) groups excluding carboxylic acids is 1. The Morgan fingerprint density at radius 2 is 2.25 bits per heavy atom. The molecule has 0 aromatic heterocycles. The molecule has 0 spiro atoms. The molecular formula is C9H17NO2. The summed E-state index contributed by atoms with van der Waals surface area (Å²) < 4.78 is 0. The highest BCUT2D eigenvalue weighted by Crippen LogP contribution is 2.14. The standard InChI is InChI=1S/C9H17NO2/c1-3-7(2)4-9(12)10-5-8(11)6-10/h7-8,11H,3-6H2,1-2H3/t7-/m0/s1. The summed E-state index contributed by atoms with van der Waals surface area (Å²) in [7, 11) is 0. The monoisotopic (exact) mass is 171 g/mol. The van der Waals surface area contributed by atoms with E-state index < -0.39 is 0 Å². The molecule has 3 nitrogen and oxygen atoms in total. The van der Waals surface area contributed by atoms with Crippen molar-refractivity contribution in [3.05, 3.63) is 0 Å². The number of β-amino-alcohol motifs (C(OH)–C–C–N with tert-alkyl or cyclic N) is 1. The number of likely N-dealkylation sites (tertiary alicyclic amines) is 1. The second-order valence-corrected chi connectivity index (χ2v) is 3.67. The van der Waals surface area contributed by atoms with E-state index in [0.29, 0.717) is 25.4 Å². The topological polar surface area (TPSA) is 40.5 Å². The van der Waals surface area contributed by atoms with Gasteiger partial charge in [0.05, 0.1) is 6.10 Å². The molecular weight excluding hydrogens is 154 g/mol. The second-order valence-electron chi connectivity index (χ2n) is 3.67. The Labute approximate surface area is 73.4 Å². The van der Waals surface area contributed by atoms with Crippen LogP contribution < -0.4 is 0 Å². The van der Waals surface area contributed by atoms with Crippen LogP contribution in [0, 0.1) is 5.92 Å². The molecule has 0 saturated carbocycles. The lowest BCUT2D eigenvalue weighted by Crippen LogP contribution is -2.53. The van der Waals surface area contributed by atoms with Crippen LogP contribution in [-0.4, -0.2) is 35.1 Å². The molecule has 0 unspecified atom stereocenters. The van der Waals surface area contributed by atoms with Gasteiger partial charge in [0.15, 0.2) is 0 Å². The van der Waals surface area contributed by atoms with E-state index in [0.717, 1.165) is 6.42 Å². The van der Waals surface area contributed by atoms with Crippen molar-refractivity contribution in [2.45, 2.75) is 32.8 Å². The average Bonchev–Trinajstić information content (AvgIpc) is 1.98. The third-order valence-corrected chi connectivity index (χ3v) is 2.43. The molecule has 0 aliphatic carbocycles. The average molecular weight is 171 g/mol. The molecule has 1 aliphatic heterocycles. The number of hydrogen-bond acceptors (Lipinski definition) is 2. The zero-order valence-corrected chi connectivity index (χ0v) is 7.79. The molecule has 1 fully saturated rings. The molecule has 0 bridgehead atoms. The predicted molar refractivity (Wildman–Crippen MR) is 46.7 cm³/mol. The molecule has 1 amide bonds. The van der Waals surface area contributed by atoms with Gasteiger partial charge in [-0.2, -0.15) is 0 Å². The Kier molecular flexibility index (Phi) is 3.09. The van der Waals surface area contributed by atoms with Gasteiger partial charge < -0.3 is 10.0 Å². The zero-order chi connectivity index (χ0) is 9.14. The highest BCUT2D eigenvalue weighted by atomic mass is 16.3. The van der Waals surface area contributed by atoms with Gasteiger partial charge in [-0.25, -0.2) is 0 Å². The van der Waals surface area contributed by atoms with Gasteiger partial charge in [0, 0.05) is 19.5 Å². The first kappa shape index (κ1) is 9.52. The molecule has 3 heteroatoms. The van der Waals surface area contributed by atoms with Gasteiger partial charge in [-0.15, -0.1) is 0 Å². The molecule has 0 radical (unpaired) electrons. The van der Waals surface area contributed by atoms with Crippen molar-refractivity contribution in [3.8, 4) is 0 Å². The maximum absolute atomic E-state index is 11.4. The van der Waals surface area contributed by atoms with Gasteiger partial charge in [0.1, 0.15) is 0 Å². The van der Waals surface area contributed by atoms with E-state index in [1.807, 2.05) is 0 Å². The van der Waals surface area contributed by atoms with Gasteiger partial charge in [-0.05, 0) is 5.92 Å². The van der Waals surface area contributed by atoms with Crippen molar-refractivity contribution in [3.63, 3.8) is 0 Å². The van der Waals surface area contributed by atoms with Crippen LogP contribution >= 0.6 is 0 Å². The van der Waals surface area contributed by atoms with Gasteiger partial charge in [-0.3, -0.25) is 4.79 Å². The van der Waals surface area contributed by atoms with Crippen LogP contribution in [0.4, 0.5) is 0 Å². The Morgan fingerprint density at radius 1 is 1.67 bits per heavy atom. The smallest absolute Gasteiger partial charge is 0.223 e. The molecule has 70 valence electrons. The Balaban J connectivity index is 2.20. The molecule has 1 rings (SSSR count). The summed E-state index contributed by atoms with van der Waals surface area (Å²) in [5.41, 5.74) is 0. The number of hydrogen-bond donors (Lipinski definition) is 1. The first-order valence-corrected chi connectivity index (χ1v) is 4.59. The van der Waals surface area contributed by atoms with E-state index in [4.69, 9.17) is 5.11 Å². The van der Waals surface area contributed by atoms with E-state index in [1.165, 1.54) is 0 Å². The predicted octanol–water partition coefficient (Wildman–Crippen LogP) is 0.626. The minimum Gasteiger partial charge on any atom is -0.389 e. The van der Waals surface area contributed by atoms with E-state index in [-0.39, 0.29) is 12.0 Å². The molecule has 1 saturated heterocycles. The number of aliphatic hydroxyl groups is 1. The summed E-state index contributed by atoms with van der Waals surface area (Å²) in [6.07, 6.45) is 1.40. The van der Waals surface area contributed by atoms with E-state index in [2.05, 4.69) is 13.8 Å². The quantitative estimate of drug-likeness (QED) is 0.676. The van der Waals surface area contributed by atoms with E-state index in [1.54, 1.807) is 4.90 Å². The third-order valence-electron chi connectivity index (χ3n) is 2.43. The van der Waals surface area contributed by atoms with Crippen molar-refractivity contribution in [1.29, 1.82) is 0 Å². The highest BCUT2D eigenvalue weighted by Gasteiger charge is 2.28. The summed E-state index contributed by atoms with van der Waals surface area (Å²) in [5, 5.41) is 8.96. The SMILES string of the molecule is CC[C@H](C)CC(=O)N1CC(O)C1. The summed E-state index contributed by atoms with van der Waals surface area (Å²) in [6.45, 7) is 5.24. The Morgan fingerprint density at radius 3 is 2.67 bits per heavy atom. The molecule has 1 N–H and O–H groups in total.